The predicted octanol–water partition coefficient (Wildman–Crippen LogP) is 1.98. The van der Waals surface area contributed by atoms with Crippen LogP contribution in [0.25, 0.3) is 0 Å². The fraction of sp³-hybridized carbons (Fsp3) is 0.111. The van der Waals surface area contributed by atoms with E-state index in [4.69, 9.17) is 10.00 Å². The van der Waals surface area contributed by atoms with Gasteiger partial charge in [-0.2, -0.15) is 5.26 Å². The highest BCUT2D eigenvalue weighted by Crippen LogP contribution is 2.25. The third-order valence-corrected chi connectivity index (χ3v) is 2.33. The van der Waals surface area contributed by atoms with Gasteiger partial charge in [0.05, 0.1) is 16.2 Å². The van der Waals surface area contributed by atoms with Gasteiger partial charge < -0.3 is 4.74 Å². The second-order valence-corrected chi connectivity index (χ2v) is 3.48. The zero-order chi connectivity index (χ0) is 9.84. The van der Waals surface area contributed by atoms with Gasteiger partial charge in [-0.15, -0.1) is 0 Å². The molecule has 0 atom stereocenters. The highest BCUT2D eigenvalue weighted by Gasteiger charge is 2.08. The SMILES string of the molecule is COc1c(I)cc(C=O)cc1C#N. The molecule has 1 rings (SSSR count). The van der Waals surface area contributed by atoms with Gasteiger partial charge in [0.2, 0.25) is 0 Å². The number of benzene rings is 1. The molecule has 66 valence electrons. The lowest BCUT2D eigenvalue weighted by atomic mass is 10.1. The largest absolute Gasteiger partial charge is 0.494 e. The molecule has 0 heterocycles. The number of ether oxygens (including phenoxy) is 1. The second kappa shape index (κ2) is 4.23. The molecule has 0 amide bonds. The molecular weight excluding hydrogens is 281 g/mol. The lowest BCUT2D eigenvalue weighted by Gasteiger charge is -2.05. The molecule has 0 fully saturated rings. The molecule has 0 unspecified atom stereocenters. The lowest BCUT2D eigenvalue weighted by Crippen LogP contribution is -1.93. The minimum Gasteiger partial charge on any atom is -0.494 e. The van der Waals surface area contributed by atoms with E-state index >= 15 is 0 Å². The summed E-state index contributed by atoms with van der Waals surface area (Å²) in [6.45, 7) is 0. The minimum absolute atomic E-state index is 0.386. The Morgan fingerprint density at radius 1 is 1.62 bits per heavy atom. The van der Waals surface area contributed by atoms with Crippen LogP contribution in [0.4, 0.5) is 0 Å². The number of hydrogen-bond acceptors (Lipinski definition) is 3. The molecule has 0 aliphatic rings. The summed E-state index contributed by atoms with van der Waals surface area (Å²) in [6, 6.07) is 5.16. The fourth-order valence-electron chi connectivity index (χ4n) is 0.973. The Kier molecular flexibility index (Phi) is 3.25. The fourth-order valence-corrected chi connectivity index (χ4v) is 1.84. The van der Waals surface area contributed by atoms with Gasteiger partial charge in [0.15, 0.2) is 0 Å². The van der Waals surface area contributed by atoms with E-state index in [0.717, 1.165) is 3.57 Å². The van der Waals surface area contributed by atoms with Crippen LogP contribution in [0, 0.1) is 14.9 Å². The van der Waals surface area contributed by atoms with E-state index in [1.54, 1.807) is 6.07 Å². The van der Waals surface area contributed by atoms with Crippen molar-refractivity contribution in [2.24, 2.45) is 0 Å². The van der Waals surface area contributed by atoms with Crippen molar-refractivity contribution in [1.29, 1.82) is 5.26 Å². The number of aldehydes is 1. The van der Waals surface area contributed by atoms with Gasteiger partial charge in [-0.1, -0.05) is 0 Å². The van der Waals surface area contributed by atoms with E-state index in [-0.39, 0.29) is 0 Å². The molecule has 0 bridgehead atoms. The third-order valence-electron chi connectivity index (χ3n) is 1.53. The maximum atomic E-state index is 10.5. The van der Waals surface area contributed by atoms with Crippen LogP contribution in [0.15, 0.2) is 12.1 Å². The summed E-state index contributed by atoms with van der Waals surface area (Å²) in [5.74, 6) is 0.522. The first-order valence-corrected chi connectivity index (χ1v) is 4.53. The number of rotatable bonds is 2. The van der Waals surface area contributed by atoms with E-state index in [1.807, 2.05) is 28.7 Å². The Hall–Kier alpha value is -1.09. The van der Waals surface area contributed by atoms with Crippen LogP contribution >= 0.6 is 22.6 Å². The summed E-state index contributed by atoms with van der Waals surface area (Å²) >= 11 is 2.02. The highest BCUT2D eigenvalue weighted by molar-refractivity contribution is 14.1. The van der Waals surface area contributed by atoms with Gasteiger partial charge in [0.25, 0.3) is 0 Å². The van der Waals surface area contributed by atoms with Gasteiger partial charge in [0, 0.05) is 5.56 Å². The number of nitrogens with zero attached hydrogens (tertiary/aromatic N) is 1. The zero-order valence-electron chi connectivity index (χ0n) is 6.87. The molecule has 0 aliphatic carbocycles. The van der Waals surface area contributed by atoms with E-state index in [2.05, 4.69) is 0 Å². The molecule has 0 spiro atoms. The first-order chi connectivity index (χ1) is 6.22. The smallest absolute Gasteiger partial charge is 0.150 e. The molecule has 13 heavy (non-hydrogen) atoms. The Bertz CT molecular complexity index is 382. The summed E-state index contributed by atoms with van der Waals surface area (Å²) in [7, 11) is 1.50. The van der Waals surface area contributed by atoms with Crippen molar-refractivity contribution in [2.45, 2.75) is 0 Å². The highest BCUT2D eigenvalue weighted by atomic mass is 127. The van der Waals surface area contributed by atoms with Crippen LogP contribution in [0.3, 0.4) is 0 Å². The van der Waals surface area contributed by atoms with Crippen molar-refractivity contribution in [3.8, 4) is 11.8 Å². The van der Waals surface area contributed by atoms with Crippen LogP contribution in [0.1, 0.15) is 15.9 Å². The molecule has 0 N–H and O–H groups in total. The number of nitriles is 1. The van der Waals surface area contributed by atoms with Crippen LogP contribution < -0.4 is 4.74 Å². The van der Waals surface area contributed by atoms with Crippen LogP contribution in [0.5, 0.6) is 5.75 Å². The molecule has 0 radical (unpaired) electrons. The quantitative estimate of drug-likeness (QED) is 0.617. The number of hydrogen-bond donors (Lipinski definition) is 0. The molecule has 1 aromatic carbocycles. The van der Waals surface area contributed by atoms with Gasteiger partial charge in [-0.05, 0) is 34.7 Å². The normalized spacial score (nSPS) is 9.00. The molecule has 4 heteroatoms. The van der Waals surface area contributed by atoms with Gasteiger partial charge >= 0.3 is 0 Å². The zero-order valence-corrected chi connectivity index (χ0v) is 9.03. The molecular formula is C9H6INO2. The average Bonchev–Trinajstić information content (AvgIpc) is 2.16. The molecule has 0 aromatic heterocycles. The molecule has 1 aromatic rings. The topological polar surface area (TPSA) is 50.1 Å². The van der Waals surface area contributed by atoms with E-state index < -0.39 is 0 Å². The first kappa shape index (κ1) is 9.99. The minimum atomic E-state index is 0.386. The summed E-state index contributed by atoms with van der Waals surface area (Å²) in [5.41, 5.74) is 0.873. The summed E-state index contributed by atoms with van der Waals surface area (Å²) in [6.07, 6.45) is 0.711. The molecule has 3 nitrogen and oxygen atoms in total. The van der Waals surface area contributed by atoms with Crippen molar-refractivity contribution in [3.63, 3.8) is 0 Å². The Balaban J connectivity index is 3.39. The molecule has 0 aliphatic heterocycles. The van der Waals surface area contributed by atoms with Gasteiger partial charge in [-0.3, -0.25) is 4.79 Å². The second-order valence-electron chi connectivity index (χ2n) is 2.31. The maximum Gasteiger partial charge on any atom is 0.150 e. The Morgan fingerprint density at radius 3 is 2.77 bits per heavy atom. The lowest BCUT2D eigenvalue weighted by molar-refractivity contribution is 0.112. The van der Waals surface area contributed by atoms with Crippen molar-refractivity contribution < 1.29 is 9.53 Å². The first-order valence-electron chi connectivity index (χ1n) is 3.45. The van der Waals surface area contributed by atoms with Crippen LogP contribution in [-0.2, 0) is 0 Å². The Morgan fingerprint density at radius 2 is 2.31 bits per heavy atom. The maximum absolute atomic E-state index is 10.5. The number of carbonyl (C=O) groups excluding carboxylic acids is 1. The number of methoxy groups -OCH3 is 1. The number of carbonyl (C=O) groups is 1. The third kappa shape index (κ3) is 1.98. The van der Waals surface area contributed by atoms with Crippen molar-refractivity contribution in [1.82, 2.24) is 0 Å². The number of halogens is 1. The summed E-state index contributed by atoms with van der Waals surface area (Å²) < 4.78 is 5.79. The van der Waals surface area contributed by atoms with Crippen LogP contribution in [-0.4, -0.2) is 13.4 Å². The summed E-state index contributed by atoms with van der Waals surface area (Å²) in [4.78, 5) is 10.5. The Labute approximate surface area is 89.5 Å². The standard InChI is InChI=1S/C9H6INO2/c1-13-9-7(4-11)2-6(5-12)3-8(9)10/h2-3,5H,1H3. The van der Waals surface area contributed by atoms with Crippen molar-refractivity contribution in [3.05, 3.63) is 26.8 Å². The van der Waals surface area contributed by atoms with Crippen molar-refractivity contribution in [2.75, 3.05) is 7.11 Å². The van der Waals surface area contributed by atoms with Gasteiger partial charge in [-0.25, -0.2) is 0 Å². The molecule has 0 saturated heterocycles. The molecule has 0 saturated carbocycles. The van der Waals surface area contributed by atoms with Gasteiger partial charge in [0.1, 0.15) is 18.1 Å². The van der Waals surface area contributed by atoms with Crippen molar-refractivity contribution >= 4 is 28.9 Å². The predicted molar refractivity (Wildman–Crippen MR) is 55.8 cm³/mol. The van der Waals surface area contributed by atoms with E-state index in [9.17, 15) is 4.79 Å². The van der Waals surface area contributed by atoms with E-state index in [1.165, 1.54) is 13.2 Å². The van der Waals surface area contributed by atoms with Crippen LogP contribution in [0.2, 0.25) is 0 Å². The summed E-state index contributed by atoms with van der Waals surface area (Å²) in [5, 5.41) is 8.74. The monoisotopic (exact) mass is 287 g/mol. The average molecular weight is 287 g/mol. The van der Waals surface area contributed by atoms with E-state index in [0.29, 0.717) is 23.2 Å².